The van der Waals surface area contributed by atoms with E-state index in [0.717, 1.165) is 28.6 Å². The van der Waals surface area contributed by atoms with Gasteiger partial charge in [-0.3, -0.25) is 9.69 Å². The summed E-state index contributed by atoms with van der Waals surface area (Å²) < 4.78 is 0. The summed E-state index contributed by atoms with van der Waals surface area (Å²) in [6, 6.07) is 23.7. The fraction of sp³-hybridized carbons (Fsp3) is 0. The fourth-order valence-corrected chi connectivity index (χ4v) is 2.26. The Morgan fingerprint density at radius 3 is 2.21 bits per heavy atom. The first-order chi connectivity index (χ1) is 9.40. The van der Waals surface area contributed by atoms with Gasteiger partial charge in [-0.15, -0.1) is 0 Å². The zero-order chi connectivity index (χ0) is 13.1. The Kier molecular flexibility index (Phi) is 2.99. The van der Waals surface area contributed by atoms with Gasteiger partial charge in [-0.1, -0.05) is 54.6 Å². The molecule has 0 N–H and O–H groups in total. The van der Waals surface area contributed by atoms with Crippen molar-refractivity contribution in [3.05, 3.63) is 72.8 Å². The minimum Gasteiger partial charge on any atom is -0.283 e. The van der Waals surface area contributed by atoms with Crippen molar-refractivity contribution in [1.82, 2.24) is 0 Å². The van der Waals surface area contributed by atoms with Gasteiger partial charge in [0, 0.05) is 11.1 Å². The molecule has 2 heteroatoms. The third-order valence-electron chi connectivity index (χ3n) is 3.17. The molecule has 0 aliphatic rings. The van der Waals surface area contributed by atoms with E-state index in [1.54, 1.807) is 4.90 Å². The van der Waals surface area contributed by atoms with E-state index in [1.165, 1.54) is 0 Å². The number of benzene rings is 3. The lowest BCUT2D eigenvalue weighted by Gasteiger charge is -2.19. The molecule has 2 nitrogen and oxygen atoms in total. The maximum absolute atomic E-state index is 11.5. The van der Waals surface area contributed by atoms with Crippen LogP contribution in [0, 0.1) is 0 Å². The zero-order valence-corrected chi connectivity index (χ0v) is 10.4. The number of hydrogen-bond acceptors (Lipinski definition) is 1. The van der Waals surface area contributed by atoms with Gasteiger partial charge in [0.05, 0.1) is 5.69 Å². The van der Waals surface area contributed by atoms with Crippen LogP contribution in [0.3, 0.4) is 0 Å². The van der Waals surface area contributed by atoms with Crippen molar-refractivity contribution in [2.45, 2.75) is 0 Å². The Hall–Kier alpha value is -2.61. The van der Waals surface area contributed by atoms with E-state index in [4.69, 9.17) is 0 Å². The maximum Gasteiger partial charge on any atom is 0.218 e. The van der Waals surface area contributed by atoms with Crippen molar-refractivity contribution in [1.29, 1.82) is 0 Å². The topological polar surface area (TPSA) is 20.3 Å². The molecule has 0 heterocycles. The van der Waals surface area contributed by atoms with Gasteiger partial charge in [0.25, 0.3) is 0 Å². The van der Waals surface area contributed by atoms with Gasteiger partial charge in [-0.2, -0.15) is 0 Å². The number of hydrogen-bond donors (Lipinski definition) is 0. The van der Waals surface area contributed by atoms with Crippen molar-refractivity contribution in [3.8, 4) is 0 Å². The van der Waals surface area contributed by atoms with Gasteiger partial charge in [0.15, 0.2) is 0 Å². The van der Waals surface area contributed by atoms with Crippen LogP contribution in [0.5, 0.6) is 0 Å². The predicted octanol–water partition coefficient (Wildman–Crippen LogP) is 4.13. The third kappa shape index (κ3) is 2.08. The van der Waals surface area contributed by atoms with E-state index in [1.807, 2.05) is 72.8 Å². The maximum atomic E-state index is 11.5. The number of amides is 1. The van der Waals surface area contributed by atoms with Crippen LogP contribution in [0.25, 0.3) is 10.8 Å². The predicted molar refractivity (Wildman–Crippen MR) is 78.6 cm³/mol. The van der Waals surface area contributed by atoms with Crippen LogP contribution in [0.15, 0.2) is 72.8 Å². The summed E-state index contributed by atoms with van der Waals surface area (Å²) in [4.78, 5) is 13.1. The first-order valence-corrected chi connectivity index (χ1v) is 6.17. The molecule has 3 aromatic carbocycles. The molecule has 0 saturated carbocycles. The van der Waals surface area contributed by atoms with E-state index < -0.39 is 0 Å². The second kappa shape index (κ2) is 4.94. The van der Waals surface area contributed by atoms with Crippen molar-refractivity contribution in [3.63, 3.8) is 0 Å². The number of carbonyl (C=O) groups is 1. The Morgan fingerprint density at radius 2 is 1.42 bits per heavy atom. The molecule has 0 spiro atoms. The Labute approximate surface area is 111 Å². The molecule has 0 aromatic heterocycles. The van der Waals surface area contributed by atoms with Gasteiger partial charge in [0.1, 0.15) is 0 Å². The molecular weight excluding hydrogens is 234 g/mol. The van der Waals surface area contributed by atoms with Crippen molar-refractivity contribution in [2.75, 3.05) is 4.90 Å². The van der Waals surface area contributed by atoms with Gasteiger partial charge in [-0.05, 0) is 23.6 Å². The van der Waals surface area contributed by atoms with Crippen LogP contribution in [-0.4, -0.2) is 6.41 Å². The Bertz CT molecular complexity index is 701. The normalized spacial score (nSPS) is 10.3. The molecule has 0 atom stereocenters. The number of para-hydroxylation sites is 1. The molecule has 3 aromatic rings. The highest BCUT2D eigenvalue weighted by Crippen LogP contribution is 2.30. The van der Waals surface area contributed by atoms with E-state index in [2.05, 4.69) is 0 Å². The van der Waals surface area contributed by atoms with Crippen LogP contribution >= 0.6 is 0 Å². The van der Waals surface area contributed by atoms with Crippen LogP contribution in [-0.2, 0) is 4.79 Å². The van der Waals surface area contributed by atoms with Crippen LogP contribution < -0.4 is 4.90 Å². The summed E-state index contributed by atoms with van der Waals surface area (Å²) in [5, 5.41) is 2.20. The summed E-state index contributed by atoms with van der Waals surface area (Å²) in [5.74, 6) is 0. The number of rotatable bonds is 3. The molecule has 19 heavy (non-hydrogen) atoms. The Balaban J connectivity index is 2.20. The standard InChI is InChI=1S/C17H13NO/c19-13-18(15-9-2-1-3-10-15)17-12-6-8-14-7-4-5-11-16(14)17/h1-13H. The third-order valence-corrected chi connectivity index (χ3v) is 3.17. The lowest BCUT2D eigenvalue weighted by Crippen LogP contribution is -2.14. The second-order valence-corrected chi connectivity index (χ2v) is 4.31. The summed E-state index contributed by atoms with van der Waals surface area (Å²) in [7, 11) is 0. The van der Waals surface area contributed by atoms with Crippen molar-refractivity contribution < 1.29 is 4.79 Å². The molecule has 0 aliphatic carbocycles. The molecular formula is C17H13NO. The zero-order valence-electron chi connectivity index (χ0n) is 10.4. The highest BCUT2D eigenvalue weighted by Gasteiger charge is 2.10. The molecule has 0 radical (unpaired) electrons. The largest absolute Gasteiger partial charge is 0.283 e. The quantitative estimate of drug-likeness (QED) is 0.637. The highest BCUT2D eigenvalue weighted by atomic mass is 16.1. The summed E-state index contributed by atoms with van der Waals surface area (Å²) in [6.07, 6.45) is 0.858. The lowest BCUT2D eigenvalue weighted by molar-refractivity contribution is -0.106. The van der Waals surface area contributed by atoms with Crippen LogP contribution in [0.1, 0.15) is 0 Å². The average molecular weight is 247 g/mol. The number of nitrogens with zero attached hydrogens (tertiary/aromatic N) is 1. The lowest BCUT2D eigenvalue weighted by atomic mass is 10.1. The number of anilines is 2. The van der Waals surface area contributed by atoms with Gasteiger partial charge in [-0.25, -0.2) is 0 Å². The minimum absolute atomic E-state index is 0.858. The van der Waals surface area contributed by atoms with E-state index in [0.29, 0.717) is 0 Å². The summed E-state index contributed by atoms with van der Waals surface area (Å²) in [6.45, 7) is 0. The van der Waals surface area contributed by atoms with Gasteiger partial charge in [0.2, 0.25) is 6.41 Å². The number of fused-ring (bicyclic) bond motifs is 1. The molecule has 0 bridgehead atoms. The van der Waals surface area contributed by atoms with Crippen molar-refractivity contribution >= 4 is 28.6 Å². The summed E-state index contributed by atoms with van der Waals surface area (Å²) >= 11 is 0. The smallest absolute Gasteiger partial charge is 0.218 e. The highest BCUT2D eigenvalue weighted by molar-refractivity contribution is 6.01. The van der Waals surface area contributed by atoms with E-state index in [-0.39, 0.29) is 0 Å². The fourth-order valence-electron chi connectivity index (χ4n) is 2.26. The molecule has 1 amide bonds. The van der Waals surface area contributed by atoms with Gasteiger partial charge >= 0.3 is 0 Å². The SMILES string of the molecule is O=CN(c1ccccc1)c1cccc2ccccc12. The molecule has 0 unspecified atom stereocenters. The molecule has 92 valence electrons. The second-order valence-electron chi connectivity index (χ2n) is 4.31. The van der Waals surface area contributed by atoms with Crippen molar-refractivity contribution in [2.24, 2.45) is 0 Å². The van der Waals surface area contributed by atoms with E-state index in [9.17, 15) is 4.79 Å². The summed E-state index contributed by atoms with van der Waals surface area (Å²) in [5.41, 5.74) is 1.77. The molecule has 3 rings (SSSR count). The molecule has 0 fully saturated rings. The van der Waals surface area contributed by atoms with Crippen LogP contribution in [0.4, 0.5) is 11.4 Å². The molecule has 0 saturated heterocycles. The van der Waals surface area contributed by atoms with E-state index >= 15 is 0 Å². The monoisotopic (exact) mass is 247 g/mol. The van der Waals surface area contributed by atoms with Crippen LogP contribution in [0.2, 0.25) is 0 Å². The first kappa shape index (κ1) is 11.5. The number of carbonyl (C=O) groups excluding carboxylic acids is 1. The first-order valence-electron chi connectivity index (χ1n) is 6.17. The Morgan fingerprint density at radius 1 is 0.737 bits per heavy atom. The van der Waals surface area contributed by atoms with Gasteiger partial charge < -0.3 is 0 Å². The average Bonchev–Trinajstić information content (AvgIpc) is 2.49. The molecule has 0 aliphatic heterocycles. The minimum atomic E-state index is 0.858.